The molecule has 0 N–H and O–H groups in total. The molecule has 132 valence electrons. The second kappa shape index (κ2) is 7.54. The summed E-state index contributed by atoms with van der Waals surface area (Å²) >= 11 is 0. The normalized spacial score (nSPS) is 12.0. The van der Waals surface area contributed by atoms with Crippen LogP contribution in [0.1, 0.15) is 16.7 Å². The Morgan fingerprint density at radius 3 is 2.15 bits per heavy atom. The van der Waals surface area contributed by atoms with Crippen LogP contribution in [0.3, 0.4) is 0 Å². The van der Waals surface area contributed by atoms with Gasteiger partial charge < -0.3 is 4.74 Å². The summed E-state index contributed by atoms with van der Waals surface area (Å²) in [6, 6.07) is 23.0. The molecule has 0 saturated carbocycles. The van der Waals surface area contributed by atoms with E-state index in [1.165, 1.54) is 0 Å². The molecule has 0 aliphatic rings. The van der Waals surface area contributed by atoms with Crippen LogP contribution in [0.5, 0.6) is 5.75 Å². The Bertz CT molecular complexity index is 1020. The van der Waals surface area contributed by atoms with Crippen molar-refractivity contribution >= 4 is 15.9 Å². The number of benzene rings is 3. The summed E-state index contributed by atoms with van der Waals surface area (Å²) in [5.41, 5.74) is 2.58. The van der Waals surface area contributed by atoms with Crippen molar-refractivity contribution in [1.82, 2.24) is 0 Å². The molecule has 0 unspecified atom stereocenters. The molecule has 5 heteroatoms. The molecule has 0 amide bonds. The average molecular weight is 365 g/mol. The van der Waals surface area contributed by atoms with Crippen molar-refractivity contribution < 1.29 is 13.2 Å². The molecule has 0 aliphatic heterocycles. The maximum absolute atomic E-state index is 12.7. The average Bonchev–Trinajstić information content (AvgIpc) is 2.62. The topological polar surface area (TPSA) is 55.7 Å². The first-order valence-corrected chi connectivity index (χ1v) is 9.60. The van der Waals surface area contributed by atoms with Crippen molar-refractivity contribution in [2.24, 2.45) is 4.40 Å². The molecule has 0 spiro atoms. The Kier molecular flexibility index (Phi) is 5.19. The van der Waals surface area contributed by atoms with Gasteiger partial charge in [-0.3, -0.25) is 0 Å². The molecule has 3 aromatic rings. The van der Waals surface area contributed by atoms with Gasteiger partial charge in [0.25, 0.3) is 10.0 Å². The minimum Gasteiger partial charge on any atom is -0.438 e. The van der Waals surface area contributed by atoms with Gasteiger partial charge in [0.15, 0.2) is 0 Å². The lowest BCUT2D eigenvalue weighted by Gasteiger charge is -2.10. The highest BCUT2D eigenvalue weighted by Gasteiger charge is 2.17. The molecule has 0 aliphatic carbocycles. The number of ether oxygens (including phenoxy) is 1. The molecule has 4 nitrogen and oxygen atoms in total. The Labute approximate surface area is 153 Å². The summed E-state index contributed by atoms with van der Waals surface area (Å²) in [6.07, 6.45) is 0. The zero-order valence-electron chi connectivity index (χ0n) is 14.6. The fraction of sp³-hybridized carbons (Fsp3) is 0.0952. The summed E-state index contributed by atoms with van der Waals surface area (Å²) in [5, 5.41) is 0. The molecular weight excluding hydrogens is 346 g/mol. The van der Waals surface area contributed by atoms with Crippen LogP contribution < -0.4 is 4.74 Å². The second-order valence-corrected chi connectivity index (χ2v) is 7.57. The van der Waals surface area contributed by atoms with Gasteiger partial charge in [-0.1, -0.05) is 48.0 Å². The lowest BCUT2D eigenvalue weighted by atomic mass is 10.2. The lowest BCUT2D eigenvalue weighted by Crippen LogP contribution is -2.13. The first kappa shape index (κ1) is 17.9. The van der Waals surface area contributed by atoms with Crippen LogP contribution in [-0.2, 0) is 10.0 Å². The monoisotopic (exact) mass is 365 g/mol. The van der Waals surface area contributed by atoms with Crippen LogP contribution >= 0.6 is 0 Å². The molecule has 0 fully saturated rings. The molecule has 3 aromatic carbocycles. The number of nitrogens with zero attached hydrogens (tertiary/aromatic N) is 1. The first-order chi connectivity index (χ1) is 12.4. The first-order valence-electron chi connectivity index (χ1n) is 8.16. The van der Waals surface area contributed by atoms with E-state index >= 15 is 0 Å². The highest BCUT2D eigenvalue weighted by atomic mass is 32.2. The number of hydrogen-bond acceptors (Lipinski definition) is 3. The molecular formula is C21H19NO3S. The van der Waals surface area contributed by atoms with E-state index in [1.54, 1.807) is 42.5 Å². The van der Waals surface area contributed by atoms with Crippen molar-refractivity contribution in [3.05, 3.63) is 95.6 Å². The highest BCUT2D eigenvalue weighted by molar-refractivity contribution is 7.90. The number of aryl methyl sites for hydroxylation is 2. The Balaban J connectivity index is 2.05. The molecule has 0 bridgehead atoms. The van der Waals surface area contributed by atoms with Crippen molar-refractivity contribution in [3.8, 4) is 5.75 Å². The van der Waals surface area contributed by atoms with Crippen LogP contribution in [0.15, 0.2) is 88.2 Å². The van der Waals surface area contributed by atoms with Crippen LogP contribution in [0.25, 0.3) is 0 Å². The van der Waals surface area contributed by atoms with Gasteiger partial charge in [0.1, 0.15) is 5.75 Å². The Morgan fingerprint density at radius 1 is 0.808 bits per heavy atom. The predicted molar refractivity (Wildman–Crippen MR) is 103 cm³/mol. The van der Waals surface area contributed by atoms with Crippen molar-refractivity contribution in [2.75, 3.05) is 0 Å². The van der Waals surface area contributed by atoms with Crippen molar-refractivity contribution in [1.29, 1.82) is 0 Å². The van der Waals surface area contributed by atoms with Gasteiger partial charge in [0.2, 0.25) is 5.90 Å². The standard InChI is InChI=1S/C21H19NO3S/c1-16-11-13-20(14-12-16)26(23,24)22-21(18-8-4-3-5-9-18)25-19-10-6-7-17(2)15-19/h3-15H,1-2H3. The van der Waals surface area contributed by atoms with Gasteiger partial charge in [-0.15, -0.1) is 4.40 Å². The van der Waals surface area contributed by atoms with E-state index in [0.717, 1.165) is 11.1 Å². The third-order valence-electron chi connectivity index (χ3n) is 3.75. The SMILES string of the molecule is Cc1ccc(S(=O)(=O)N=C(Oc2cccc(C)c2)c2ccccc2)cc1. The van der Waals surface area contributed by atoms with Gasteiger partial charge in [-0.05, 0) is 55.8 Å². The molecule has 3 rings (SSSR count). The summed E-state index contributed by atoms with van der Waals surface area (Å²) in [7, 11) is -3.89. The van der Waals surface area contributed by atoms with Gasteiger partial charge >= 0.3 is 0 Å². The minimum absolute atomic E-state index is 0.0387. The summed E-state index contributed by atoms with van der Waals surface area (Å²) < 4.78 is 35.2. The zero-order valence-corrected chi connectivity index (χ0v) is 15.4. The smallest absolute Gasteiger partial charge is 0.285 e. The molecule has 0 aromatic heterocycles. The van der Waals surface area contributed by atoms with Crippen LogP contribution in [0.4, 0.5) is 0 Å². The van der Waals surface area contributed by atoms with Crippen LogP contribution in [0, 0.1) is 13.8 Å². The quantitative estimate of drug-likeness (QED) is 0.505. The van der Waals surface area contributed by atoms with Crippen LogP contribution in [0.2, 0.25) is 0 Å². The number of hydrogen-bond donors (Lipinski definition) is 0. The zero-order chi connectivity index (χ0) is 18.6. The van der Waals surface area contributed by atoms with Crippen molar-refractivity contribution in [2.45, 2.75) is 18.7 Å². The summed E-state index contributed by atoms with van der Waals surface area (Å²) in [4.78, 5) is 0.129. The van der Waals surface area contributed by atoms with E-state index in [0.29, 0.717) is 11.3 Å². The maximum atomic E-state index is 12.7. The summed E-state index contributed by atoms with van der Waals surface area (Å²) in [6.45, 7) is 3.84. The predicted octanol–water partition coefficient (Wildman–Crippen LogP) is 4.52. The molecule has 0 saturated heterocycles. The summed E-state index contributed by atoms with van der Waals surface area (Å²) in [5.74, 6) is 0.573. The van der Waals surface area contributed by atoms with E-state index in [1.807, 2.05) is 50.2 Å². The van der Waals surface area contributed by atoms with E-state index in [2.05, 4.69) is 4.40 Å². The van der Waals surface area contributed by atoms with E-state index in [4.69, 9.17) is 4.74 Å². The molecule has 26 heavy (non-hydrogen) atoms. The van der Waals surface area contributed by atoms with E-state index in [9.17, 15) is 8.42 Å². The van der Waals surface area contributed by atoms with E-state index < -0.39 is 10.0 Å². The van der Waals surface area contributed by atoms with Gasteiger partial charge in [0, 0.05) is 5.56 Å². The minimum atomic E-state index is -3.89. The highest BCUT2D eigenvalue weighted by Crippen LogP contribution is 2.19. The fourth-order valence-corrected chi connectivity index (χ4v) is 3.32. The molecule has 0 heterocycles. The van der Waals surface area contributed by atoms with Crippen molar-refractivity contribution in [3.63, 3.8) is 0 Å². The van der Waals surface area contributed by atoms with Gasteiger partial charge in [-0.2, -0.15) is 8.42 Å². The van der Waals surface area contributed by atoms with Crippen LogP contribution in [-0.4, -0.2) is 14.3 Å². The lowest BCUT2D eigenvalue weighted by molar-refractivity contribution is 0.550. The van der Waals surface area contributed by atoms with Gasteiger partial charge in [-0.25, -0.2) is 0 Å². The largest absolute Gasteiger partial charge is 0.438 e. The van der Waals surface area contributed by atoms with E-state index in [-0.39, 0.29) is 10.8 Å². The van der Waals surface area contributed by atoms with Gasteiger partial charge in [0.05, 0.1) is 4.90 Å². The number of sulfonamides is 1. The third-order valence-corrected chi connectivity index (χ3v) is 5.02. The third kappa shape index (κ3) is 4.37. The Hall–Kier alpha value is -2.92. The fourth-order valence-electron chi connectivity index (χ4n) is 2.37. The Morgan fingerprint density at radius 2 is 1.50 bits per heavy atom. The molecule has 0 radical (unpaired) electrons. The second-order valence-electron chi connectivity index (χ2n) is 5.97. The molecule has 0 atom stereocenters. The number of rotatable bonds is 4. The maximum Gasteiger partial charge on any atom is 0.285 e.